The molecule has 0 spiro atoms. The van der Waals surface area contributed by atoms with E-state index in [9.17, 15) is 0 Å². The van der Waals surface area contributed by atoms with Crippen LogP contribution in [0.2, 0.25) is 0 Å². The van der Waals surface area contributed by atoms with Crippen molar-refractivity contribution in [1.29, 1.82) is 0 Å². The van der Waals surface area contributed by atoms with Gasteiger partial charge in [-0.15, -0.1) is 0 Å². The average Bonchev–Trinajstić information content (AvgIpc) is 2.55. The number of ether oxygens (including phenoxy) is 2. The largest absolute Gasteiger partial charge is 0.493 e. The third-order valence-electron chi connectivity index (χ3n) is 3.44. The van der Waals surface area contributed by atoms with Crippen LogP contribution in [-0.2, 0) is 6.42 Å². The van der Waals surface area contributed by atoms with Gasteiger partial charge in [-0.1, -0.05) is 12.1 Å². The lowest BCUT2D eigenvalue weighted by Gasteiger charge is -2.14. The molecular weight excluding hydrogens is 264 g/mol. The van der Waals surface area contributed by atoms with Crippen LogP contribution >= 0.6 is 0 Å². The van der Waals surface area contributed by atoms with Gasteiger partial charge in [0.1, 0.15) is 0 Å². The van der Waals surface area contributed by atoms with Gasteiger partial charge < -0.3 is 14.8 Å². The summed E-state index contributed by atoms with van der Waals surface area (Å²) in [5.74, 6) is 1.53. The maximum Gasteiger partial charge on any atom is 0.160 e. The van der Waals surface area contributed by atoms with Crippen molar-refractivity contribution in [3.8, 4) is 11.5 Å². The highest BCUT2D eigenvalue weighted by molar-refractivity contribution is 5.42. The second-order valence-corrected chi connectivity index (χ2v) is 4.87. The summed E-state index contributed by atoms with van der Waals surface area (Å²) in [6.07, 6.45) is 2.75. The number of rotatable bonds is 7. The topological polar surface area (TPSA) is 43.4 Å². The van der Waals surface area contributed by atoms with Crippen LogP contribution in [0.25, 0.3) is 0 Å². The maximum absolute atomic E-state index is 5.32. The molecule has 0 saturated heterocycles. The molecule has 1 unspecified atom stereocenters. The number of pyridine rings is 1. The van der Waals surface area contributed by atoms with E-state index >= 15 is 0 Å². The summed E-state index contributed by atoms with van der Waals surface area (Å²) >= 11 is 0. The summed E-state index contributed by atoms with van der Waals surface area (Å²) < 4.78 is 10.6. The van der Waals surface area contributed by atoms with Gasteiger partial charge in [-0.25, -0.2) is 0 Å². The van der Waals surface area contributed by atoms with Gasteiger partial charge in [0.15, 0.2) is 11.5 Å². The molecule has 1 aromatic carbocycles. The summed E-state index contributed by atoms with van der Waals surface area (Å²) in [5.41, 5.74) is 2.28. The SMILES string of the molecule is COc1ccc(CCNC(C)c2ccccn2)cc1OC. The van der Waals surface area contributed by atoms with Crippen molar-refractivity contribution >= 4 is 0 Å². The standard InChI is InChI=1S/C17H22N2O2/c1-13(15-6-4-5-10-19-15)18-11-9-14-7-8-16(20-2)17(12-14)21-3/h4-8,10,12-13,18H,9,11H2,1-3H3. The lowest BCUT2D eigenvalue weighted by atomic mass is 10.1. The number of nitrogens with zero attached hydrogens (tertiary/aromatic N) is 1. The Hall–Kier alpha value is -2.07. The Morgan fingerprint density at radius 2 is 1.90 bits per heavy atom. The number of aromatic nitrogens is 1. The maximum atomic E-state index is 5.32. The highest BCUT2D eigenvalue weighted by Gasteiger charge is 2.07. The first-order valence-corrected chi connectivity index (χ1v) is 7.10. The molecule has 21 heavy (non-hydrogen) atoms. The van der Waals surface area contributed by atoms with Crippen molar-refractivity contribution in [2.24, 2.45) is 0 Å². The third kappa shape index (κ3) is 4.20. The van der Waals surface area contributed by atoms with Crippen molar-refractivity contribution in [1.82, 2.24) is 10.3 Å². The smallest absolute Gasteiger partial charge is 0.160 e. The van der Waals surface area contributed by atoms with Crippen LogP contribution in [0.15, 0.2) is 42.6 Å². The minimum atomic E-state index is 0.242. The summed E-state index contributed by atoms with van der Waals surface area (Å²) in [6, 6.07) is 12.2. The normalized spacial score (nSPS) is 12.0. The molecule has 0 bridgehead atoms. The summed E-state index contributed by atoms with van der Waals surface area (Å²) in [5, 5.41) is 3.48. The number of hydrogen-bond donors (Lipinski definition) is 1. The van der Waals surface area contributed by atoms with E-state index in [1.54, 1.807) is 14.2 Å². The van der Waals surface area contributed by atoms with Gasteiger partial charge in [0.05, 0.1) is 19.9 Å². The van der Waals surface area contributed by atoms with E-state index in [4.69, 9.17) is 9.47 Å². The fourth-order valence-corrected chi connectivity index (χ4v) is 2.21. The van der Waals surface area contributed by atoms with Crippen molar-refractivity contribution in [2.75, 3.05) is 20.8 Å². The molecular formula is C17H22N2O2. The Morgan fingerprint density at radius 3 is 2.57 bits per heavy atom. The van der Waals surface area contributed by atoms with Gasteiger partial charge in [-0.3, -0.25) is 4.98 Å². The van der Waals surface area contributed by atoms with Crippen LogP contribution in [0.3, 0.4) is 0 Å². The number of nitrogens with one attached hydrogen (secondary N) is 1. The van der Waals surface area contributed by atoms with E-state index in [1.165, 1.54) is 5.56 Å². The highest BCUT2D eigenvalue weighted by atomic mass is 16.5. The van der Waals surface area contributed by atoms with Crippen molar-refractivity contribution < 1.29 is 9.47 Å². The quantitative estimate of drug-likeness (QED) is 0.849. The molecule has 1 atom stereocenters. The van der Waals surface area contributed by atoms with E-state index in [0.29, 0.717) is 0 Å². The zero-order valence-corrected chi connectivity index (χ0v) is 12.8. The lowest BCUT2D eigenvalue weighted by molar-refractivity contribution is 0.354. The lowest BCUT2D eigenvalue weighted by Crippen LogP contribution is -2.22. The Morgan fingerprint density at radius 1 is 1.10 bits per heavy atom. The van der Waals surface area contributed by atoms with Crippen molar-refractivity contribution in [2.45, 2.75) is 19.4 Å². The Kier molecular flexibility index (Phi) is 5.58. The molecule has 0 aliphatic heterocycles. The third-order valence-corrected chi connectivity index (χ3v) is 3.44. The van der Waals surface area contributed by atoms with Crippen LogP contribution < -0.4 is 14.8 Å². The molecule has 1 aromatic heterocycles. The van der Waals surface area contributed by atoms with Crippen LogP contribution in [0.1, 0.15) is 24.2 Å². The van der Waals surface area contributed by atoms with Crippen LogP contribution in [0, 0.1) is 0 Å². The minimum Gasteiger partial charge on any atom is -0.493 e. The monoisotopic (exact) mass is 286 g/mol. The Labute approximate surface area is 126 Å². The zero-order chi connectivity index (χ0) is 15.1. The van der Waals surface area contributed by atoms with E-state index in [0.717, 1.165) is 30.2 Å². The highest BCUT2D eigenvalue weighted by Crippen LogP contribution is 2.27. The van der Waals surface area contributed by atoms with Crippen molar-refractivity contribution in [3.63, 3.8) is 0 Å². The molecule has 2 aromatic rings. The molecule has 4 nitrogen and oxygen atoms in total. The molecule has 0 saturated carbocycles. The summed E-state index contributed by atoms with van der Waals surface area (Å²) in [4.78, 5) is 4.36. The summed E-state index contributed by atoms with van der Waals surface area (Å²) in [7, 11) is 3.30. The van der Waals surface area contributed by atoms with Crippen LogP contribution in [-0.4, -0.2) is 25.7 Å². The van der Waals surface area contributed by atoms with Gasteiger partial charge >= 0.3 is 0 Å². The predicted octanol–water partition coefficient (Wildman–Crippen LogP) is 2.99. The molecule has 112 valence electrons. The molecule has 0 aliphatic rings. The first kappa shape index (κ1) is 15.3. The van der Waals surface area contributed by atoms with Gasteiger partial charge in [-0.2, -0.15) is 0 Å². The fourth-order valence-electron chi connectivity index (χ4n) is 2.21. The summed E-state index contributed by atoms with van der Waals surface area (Å²) in [6.45, 7) is 3.00. The molecule has 1 N–H and O–H groups in total. The van der Waals surface area contributed by atoms with Crippen LogP contribution in [0.4, 0.5) is 0 Å². The average molecular weight is 286 g/mol. The van der Waals surface area contributed by atoms with Crippen molar-refractivity contribution in [3.05, 3.63) is 53.9 Å². The molecule has 0 radical (unpaired) electrons. The Bertz CT molecular complexity index is 558. The Balaban J connectivity index is 1.89. The van der Waals surface area contributed by atoms with Gasteiger partial charge in [-0.05, 0) is 49.7 Å². The fraction of sp³-hybridized carbons (Fsp3) is 0.353. The predicted molar refractivity (Wildman–Crippen MR) is 83.9 cm³/mol. The second-order valence-electron chi connectivity index (χ2n) is 4.87. The van der Waals surface area contributed by atoms with E-state index in [1.807, 2.05) is 36.5 Å². The van der Waals surface area contributed by atoms with Gasteiger partial charge in [0.25, 0.3) is 0 Å². The molecule has 4 heteroatoms. The molecule has 1 heterocycles. The minimum absolute atomic E-state index is 0.242. The number of hydrogen-bond acceptors (Lipinski definition) is 4. The van der Waals surface area contributed by atoms with E-state index in [-0.39, 0.29) is 6.04 Å². The van der Waals surface area contributed by atoms with Gasteiger partial charge in [0.2, 0.25) is 0 Å². The molecule has 0 aliphatic carbocycles. The van der Waals surface area contributed by atoms with E-state index in [2.05, 4.69) is 23.3 Å². The first-order chi connectivity index (χ1) is 10.2. The zero-order valence-electron chi connectivity index (χ0n) is 12.8. The van der Waals surface area contributed by atoms with Gasteiger partial charge in [0, 0.05) is 12.2 Å². The second kappa shape index (κ2) is 7.64. The molecule has 2 rings (SSSR count). The molecule has 0 fully saturated rings. The number of methoxy groups -OCH3 is 2. The molecule has 0 amide bonds. The van der Waals surface area contributed by atoms with Crippen LogP contribution in [0.5, 0.6) is 11.5 Å². The van der Waals surface area contributed by atoms with E-state index < -0.39 is 0 Å². The first-order valence-electron chi connectivity index (χ1n) is 7.10. The number of benzene rings is 1.